The van der Waals surface area contributed by atoms with Gasteiger partial charge in [0.15, 0.2) is 0 Å². The Bertz CT molecular complexity index is 215. The molecule has 1 radical (unpaired) electrons. The molecule has 1 aliphatic carbocycles. The van der Waals surface area contributed by atoms with Crippen molar-refractivity contribution >= 4 is 21.7 Å². The van der Waals surface area contributed by atoms with E-state index >= 15 is 0 Å². The number of hydrogen-bond donors (Lipinski definition) is 0. The predicted molar refractivity (Wildman–Crippen MR) is 60.0 cm³/mol. The van der Waals surface area contributed by atoms with Gasteiger partial charge in [0.05, 0.1) is 0 Å². The normalized spacial score (nSPS) is 27.3. The highest BCUT2D eigenvalue weighted by atomic mass is 24.4. The van der Waals surface area contributed by atoms with Crippen molar-refractivity contribution in [1.29, 1.82) is 0 Å². The van der Waals surface area contributed by atoms with Crippen molar-refractivity contribution < 1.29 is 0 Å². The van der Waals surface area contributed by atoms with Crippen molar-refractivity contribution in [2.45, 2.75) is 44.1 Å². The number of rotatable bonds is 4. The molecule has 0 aromatic carbocycles. The Labute approximate surface area is 94.9 Å². The maximum absolute atomic E-state index is 2.39. The molecular weight excluding hydrogens is 168 g/mol. The zero-order valence-corrected chi connectivity index (χ0v) is 10.4. The molecular formula is C12H19Mg. The van der Waals surface area contributed by atoms with E-state index in [0.29, 0.717) is 5.41 Å². The van der Waals surface area contributed by atoms with Crippen LogP contribution >= 0.6 is 0 Å². The zero-order valence-electron chi connectivity index (χ0n) is 8.97. The first kappa shape index (κ1) is 11.3. The van der Waals surface area contributed by atoms with Gasteiger partial charge in [0.25, 0.3) is 0 Å². The molecule has 0 aromatic heterocycles. The minimum atomic E-state index is 0.455. The molecule has 1 heteroatoms. The summed E-state index contributed by atoms with van der Waals surface area (Å²) < 4.78 is 1.36. The number of allylic oxidation sites excluding steroid dienone is 4. The van der Waals surface area contributed by atoms with Crippen molar-refractivity contribution in [3.63, 3.8) is 0 Å². The van der Waals surface area contributed by atoms with Crippen LogP contribution in [-0.4, -0.2) is 21.7 Å². The Morgan fingerprint density at radius 2 is 2.23 bits per heavy atom. The number of hydrogen-bond acceptors (Lipinski definition) is 0. The minimum absolute atomic E-state index is 0.455. The molecule has 13 heavy (non-hydrogen) atoms. The van der Waals surface area contributed by atoms with Crippen LogP contribution in [0, 0.1) is 5.41 Å². The van der Waals surface area contributed by atoms with Crippen molar-refractivity contribution in [2.75, 3.05) is 0 Å². The topological polar surface area (TPSA) is 0 Å². The highest BCUT2D eigenvalue weighted by Gasteiger charge is 2.21. The smallest absolute Gasteiger partial charge is 0.177 e. The molecule has 0 spiro atoms. The summed E-state index contributed by atoms with van der Waals surface area (Å²) in [5, 5.41) is 0. The first-order valence-corrected chi connectivity index (χ1v) is 6.30. The molecule has 0 heterocycles. The van der Waals surface area contributed by atoms with Gasteiger partial charge < -0.3 is 0 Å². The average molecular weight is 188 g/mol. The van der Waals surface area contributed by atoms with Crippen LogP contribution in [0.15, 0.2) is 23.8 Å². The van der Waals surface area contributed by atoms with Crippen LogP contribution in [0.3, 0.4) is 0 Å². The largest absolute Gasteiger partial charge is 0.222 e. The summed E-state index contributed by atoms with van der Waals surface area (Å²) in [6.07, 6.45) is 12.2. The van der Waals surface area contributed by atoms with Gasteiger partial charge in [-0.25, -0.2) is 0 Å². The summed E-state index contributed by atoms with van der Waals surface area (Å²) in [5.74, 6) is 0. The Balaban J connectivity index is 2.39. The second kappa shape index (κ2) is 5.21. The van der Waals surface area contributed by atoms with Crippen LogP contribution in [0.5, 0.6) is 0 Å². The van der Waals surface area contributed by atoms with Crippen molar-refractivity contribution in [3.05, 3.63) is 23.8 Å². The molecule has 0 bridgehead atoms. The highest BCUT2D eigenvalue weighted by molar-refractivity contribution is 6.08. The van der Waals surface area contributed by atoms with Gasteiger partial charge in [0.1, 0.15) is 0 Å². The molecule has 0 nitrogen and oxygen atoms in total. The summed E-state index contributed by atoms with van der Waals surface area (Å²) in [7, 11) is 0. The first-order chi connectivity index (χ1) is 6.16. The molecule has 1 aliphatic rings. The molecule has 1 rings (SSSR count). The van der Waals surface area contributed by atoms with Gasteiger partial charge in [-0.15, -0.1) is 0 Å². The Hall–Kier alpha value is 0.246. The van der Waals surface area contributed by atoms with Gasteiger partial charge in [0.2, 0.25) is 21.7 Å². The SMILES string of the molecule is CC1=CC=CC(C)(CCC[CH2][Mg])C1. The van der Waals surface area contributed by atoms with Crippen LogP contribution < -0.4 is 0 Å². The molecule has 0 saturated heterocycles. The van der Waals surface area contributed by atoms with E-state index in [0.717, 1.165) is 0 Å². The molecule has 0 amide bonds. The lowest BCUT2D eigenvalue weighted by atomic mass is 9.77. The average Bonchev–Trinajstić information content (AvgIpc) is 2.04. The van der Waals surface area contributed by atoms with Crippen LogP contribution in [-0.2, 0) is 0 Å². The summed E-state index contributed by atoms with van der Waals surface area (Å²) in [6.45, 7) is 4.63. The third kappa shape index (κ3) is 3.86. The predicted octanol–water partition coefficient (Wildman–Crippen LogP) is 3.66. The zero-order chi connectivity index (χ0) is 9.73. The second-order valence-corrected chi connectivity index (χ2v) is 5.22. The quantitative estimate of drug-likeness (QED) is 0.466. The van der Waals surface area contributed by atoms with Gasteiger partial charge in [-0.1, -0.05) is 43.6 Å². The Morgan fingerprint density at radius 3 is 2.85 bits per heavy atom. The van der Waals surface area contributed by atoms with Gasteiger partial charge in [-0.2, -0.15) is 4.55 Å². The van der Waals surface area contributed by atoms with Crippen molar-refractivity contribution in [3.8, 4) is 0 Å². The summed E-state index contributed by atoms with van der Waals surface area (Å²) >= 11 is 2.09. The standard InChI is InChI=1S/C12H19.Mg/c1-4-5-8-12(3)9-6-7-11(2)10-12;/h6-7,9H,1,4-5,8,10H2,2-3H3;. The fraction of sp³-hybridized carbons (Fsp3) is 0.667. The molecule has 0 saturated carbocycles. The summed E-state index contributed by atoms with van der Waals surface area (Å²) in [4.78, 5) is 0. The van der Waals surface area contributed by atoms with E-state index in [-0.39, 0.29) is 0 Å². The van der Waals surface area contributed by atoms with Gasteiger partial charge in [-0.05, 0) is 25.2 Å². The third-order valence-corrected chi connectivity index (χ3v) is 3.31. The Morgan fingerprint density at radius 1 is 1.46 bits per heavy atom. The molecule has 0 aromatic rings. The lowest BCUT2D eigenvalue weighted by Gasteiger charge is -2.28. The van der Waals surface area contributed by atoms with Gasteiger partial charge in [-0.3, -0.25) is 0 Å². The highest BCUT2D eigenvalue weighted by Crippen LogP contribution is 2.35. The fourth-order valence-corrected chi connectivity index (χ4v) is 2.43. The van der Waals surface area contributed by atoms with E-state index in [4.69, 9.17) is 0 Å². The van der Waals surface area contributed by atoms with E-state index in [1.165, 1.54) is 35.8 Å². The van der Waals surface area contributed by atoms with E-state index in [1.54, 1.807) is 0 Å². The third-order valence-electron chi connectivity index (χ3n) is 2.81. The summed E-state index contributed by atoms with van der Waals surface area (Å²) in [5.41, 5.74) is 1.99. The van der Waals surface area contributed by atoms with Crippen LogP contribution in [0.2, 0.25) is 4.55 Å². The minimum Gasteiger partial charge on any atom is -0.177 e. The van der Waals surface area contributed by atoms with E-state index < -0.39 is 0 Å². The lowest BCUT2D eigenvalue weighted by Crippen LogP contribution is -2.15. The van der Waals surface area contributed by atoms with E-state index in [9.17, 15) is 0 Å². The van der Waals surface area contributed by atoms with E-state index in [1.807, 2.05) is 0 Å². The molecule has 0 fully saturated rings. The Kier molecular flexibility index (Phi) is 4.54. The van der Waals surface area contributed by atoms with Crippen molar-refractivity contribution in [1.82, 2.24) is 0 Å². The molecule has 69 valence electrons. The summed E-state index contributed by atoms with van der Waals surface area (Å²) in [6, 6.07) is 0. The van der Waals surface area contributed by atoms with Crippen LogP contribution in [0.4, 0.5) is 0 Å². The van der Waals surface area contributed by atoms with Crippen LogP contribution in [0.1, 0.15) is 39.5 Å². The number of unbranched alkanes of at least 4 members (excludes halogenated alkanes) is 1. The first-order valence-electron chi connectivity index (χ1n) is 5.30. The molecule has 1 atom stereocenters. The fourth-order valence-electron chi connectivity index (χ4n) is 2.08. The van der Waals surface area contributed by atoms with Gasteiger partial charge >= 0.3 is 0 Å². The maximum atomic E-state index is 2.39. The lowest BCUT2D eigenvalue weighted by molar-refractivity contribution is 0.370. The second-order valence-electron chi connectivity index (χ2n) is 4.51. The maximum Gasteiger partial charge on any atom is 0.222 e. The molecule has 1 unspecified atom stereocenters. The van der Waals surface area contributed by atoms with Crippen molar-refractivity contribution in [2.24, 2.45) is 5.41 Å². The van der Waals surface area contributed by atoms with Gasteiger partial charge in [0, 0.05) is 0 Å². The van der Waals surface area contributed by atoms with Crippen LogP contribution in [0.25, 0.3) is 0 Å². The molecule has 0 N–H and O–H groups in total. The monoisotopic (exact) mass is 187 g/mol. The molecule has 0 aliphatic heterocycles. The van der Waals surface area contributed by atoms with E-state index in [2.05, 4.69) is 53.8 Å².